The zero-order valence-electron chi connectivity index (χ0n) is 8.94. The van der Waals surface area contributed by atoms with Crippen molar-refractivity contribution < 1.29 is 0 Å². The molecule has 0 amide bonds. The molecule has 0 radical (unpaired) electrons. The lowest BCUT2D eigenvalue weighted by Crippen LogP contribution is -1.84. The summed E-state index contributed by atoms with van der Waals surface area (Å²) < 4.78 is 2.07. The Morgan fingerprint density at radius 1 is 1.25 bits per heavy atom. The zero-order valence-corrected chi connectivity index (χ0v) is 9.70. The van der Waals surface area contributed by atoms with Crippen LogP contribution in [0.3, 0.4) is 0 Å². The van der Waals surface area contributed by atoms with Crippen LogP contribution in [0.2, 0.25) is 5.02 Å². The Morgan fingerprint density at radius 3 is 2.94 bits per heavy atom. The maximum absolute atomic E-state index is 5.95. The summed E-state index contributed by atoms with van der Waals surface area (Å²) in [7, 11) is 0. The summed E-state index contributed by atoms with van der Waals surface area (Å²) in [6.07, 6.45) is 3.00. The zero-order chi connectivity index (χ0) is 11.1. The lowest BCUT2D eigenvalue weighted by Gasteiger charge is -1.98. The average Bonchev–Trinajstić information content (AvgIpc) is 2.65. The predicted octanol–water partition coefficient (Wildman–Crippen LogP) is 3.70. The van der Waals surface area contributed by atoms with Gasteiger partial charge in [-0.25, -0.2) is 4.98 Å². The summed E-state index contributed by atoms with van der Waals surface area (Å²) in [6.45, 7) is 2.15. The highest BCUT2D eigenvalue weighted by atomic mass is 35.5. The van der Waals surface area contributed by atoms with E-state index in [2.05, 4.69) is 34.5 Å². The van der Waals surface area contributed by atoms with E-state index in [9.17, 15) is 0 Å². The van der Waals surface area contributed by atoms with Gasteiger partial charge in [-0.15, -0.1) is 0 Å². The van der Waals surface area contributed by atoms with Gasteiger partial charge < -0.3 is 0 Å². The molecule has 2 nitrogen and oxygen atoms in total. The molecule has 0 N–H and O–H groups in total. The van der Waals surface area contributed by atoms with Crippen LogP contribution in [0.25, 0.3) is 16.7 Å². The monoisotopic (exact) mass is 230 g/mol. The number of fused-ring (bicyclic) bond motifs is 3. The highest BCUT2D eigenvalue weighted by Gasteiger charge is 2.04. The number of rotatable bonds is 1. The van der Waals surface area contributed by atoms with Crippen LogP contribution in [0.4, 0.5) is 0 Å². The molecular formula is C13H11ClN2. The van der Waals surface area contributed by atoms with E-state index >= 15 is 0 Å². The predicted molar refractivity (Wildman–Crippen MR) is 67.1 cm³/mol. The molecule has 3 aromatic rings. The molecule has 0 spiro atoms. The third-order valence-corrected chi connectivity index (χ3v) is 3.07. The summed E-state index contributed by atoms with van der Waals surface area (Å²) in [5, 5.41) is 0.721. The van der Waals surface area contributed by atoms with E-state index in [4.69, 9.17) is 11.6 Å². The minimum Gasteiger partial charge on any atom is -0.300 e. The fraction of sp³-hybridized carbons (Fsp3) is 0.154. The minimum absolute atomic E-state index is 0.721. The second kappa shape index (κ2) is 3.49. The molecule has 0 aliphatic heterocycles. The number of hydrogen-bond donors (Lipinski definition) is 0. The average molecular weight is 231 g/mol. The first-order valence-corrected chi connectivity index (χ1v) is 5.72. The van der Waals surface area contributed by atoms with Crippen molar-refractivity contribution in [1.82, 2.24) is 9.38 Å². The summed E-state index contributed by atoms with van der Waals surface area (Å²) >= 11 is 5.95. The van der Waals surface area contributed by atoms with Gasteiger partial charge in [-0.3, -0.25) is 4.40 Å². The number of nitrogens with zero attached hydrogens (tertiary/aromatic N) is 2. The molecule has 0 saturated heterocycles. The van der Waals surface area contributed by atoms with Gasteiger partial charge in [-0.1, -0.05) is 24.6 Å². The smallest absolute Gasteiger partial charge is 0.139 e. The number of aryl methyl sites for hydroxylation is 1. The number of halogens is 1. The van der Waals surface area contributed by atoms with Crippen LogP contribution >= 0.6 is 11.6 Å². The Morgan fingerprint density at radius 2 is 2.12 bits per heavy atom. The highest BCUT2D eigenvalue weighted by Crippen LogP contribution is 2.20. The van der Waals surface area contributed by atoms with Crippen molar-refractivity contribution in [2.45, 2.75) is 13.3 Å². The molecule has 0 aliphatic rings. The molecular weight excluding hydrogens is 220 g/mol. The summed E-state index contributed by atoms with van der Waals surface area (Å²) in [5.41, 5.74) is 4.38. The molecule has 16 heavy (non-hydrogen) atoms. The van der Waals surface area contributed by atoms with Crippen LogP contribution in [-0.2, 0) is 6.42 Å². The topological polar surface area (TPSA) is 17.3 Å². The van der Waals surface area contributed by atoms with E-state index < -0.39 is 0 Å². The van der Waals surface area contributed by atoms with E-state index in [0.29, 0.717) is 0 Å². The van der Waals surface area contributed by atoms with Gasteiger partial charge in [0.1, 0.15) is 5.65 Å². The Labute approximate surface area is 98.5 Å². The summed E-state index contributed by atoms with van der Waals surface area (Å²) in [5.74, 6) is 0. The van der Waals surface area contributed by atoms with Crippen LogP contribution in [0.15, 0.2) is 36.5 Å². The van der Waals surface area contributed by atoms with Crippen molar-refractivity contribution in [2.75, 3.05) is 0 Å². The van der Waals surface area contributed by atoms with Gasteiger partial charge in [-0.2, -0.15) is 0 Å². The first-order chi connectivity index (χ1) is 7.78. The standard InChI is InChI=1S/C13H11ClN2/c1-2-9-3-4-11-12(7-9)16-6-5-10(14)8-13(16)15-11/h3-8H,2H2,1H3. The third-order valence-electron chi connectivity index (χ3n) is 2.84. The number of hydrogen-bond acceptors (Lipinski definition) is 1. The van der Waals surface area contributed by atoms with Crippen molar-refractivity contribution in [2.24, 2.45) is 0 Å². The van der Waals surface area contributed by atoms with Crippen LogP contribution < -0.4 is 0 Å². The molecule has 2 aromatic heterocycles. The summed E-state index contributed by atoms with van der Waals surface area (Å²) in [6, 6.07) is 10.1. The normalized spacial score (nSPS) is 11.4. The first kappa shape index (κ1) is 9.67. The lowest BCUT2D eigenvalue weighted by atomic mass is 10.1. The van der Waals surface area contributed by atoms with Crippen molar-refractivity contribution >= 4 is 28.3 Å². The number of aromatic nitrogens is 2. The Balaban J connectivity index is 2.42. The number of imidazole rings is 1. The van der Waals surface area contributed by atoms with Crippen LogP contribution in [0, 0.1) is 0 Å². The van der Waals surface area contributed by atoms with Crippen LogP contribution in [0.5, 0.6) is 0 Å². The fourth-order valence-electron chi connectivity index (χ4n) is 1.95. The maximum atomic E-state index is 5.95. The van der Waals surface area contributed by atoms with Crippen molar-refractivity contribution in [3.8, 4) is 0 Å². The van der Waals surface area contributed by atoms with Gasteiger partial charge in [0.05, 0.1) is 11.0 Å². The molecule has 0 fully saturated rings. The Bertz CT molecular complexity index is 670. The van der Waals surface area contributed by atoms with Gasteiger partial charge >= 0.3 is 0 Å². The first-order valence-electron chi connectivity index (χ1n) is 5.34. The van der Waals surface area contributed by atoms with Gasteiger partial charge in [0.2, 0.25) is 0 Å². The van der Waals surface area contributed by atoms with E-state index in [0.717, 1.165) is 28.1 Å². The molecule has 0 saturated carbocycles. The SMILES string of the molecule is CCc1ccc2nc3cc(Cl)ccn3c2c1. The highest BCUT2D eigenvalue weighted by molar-refractivity contribution is 6.30. The second-order valence-electron chi connectivity index (χ2n) is 3.86. The fourth-order valence-corrected chi connectivity index (χ4v) is 2.11. The molecule has 2 heterocycles. The number of pyridine rings is 1. The van der Waals surface area contributed by atoms with E-state index in [-0.39, 0.29) is 0 Å². The molecule has 0 bridgehead atoms. The van der Waals surface area contributed by atoms with Gasteiger partial charge in [0, 0.05) is 17.3 Å². The molecule has 80 valence electrons. The Hall–Kier alpha value is -1.54. The van der Waals surface area contributed by atoms with Gasteiger partial charge in [-0.05, 0) is 30.2 Å². The molecule has 0 aliphatic carbocycles. The van der Waals surface area contributed by atoms with Crippen molar-refractivity contribution in [1.29, 1.82) is 0 Å². The van der Waals surface area contributed by atoms with Crippen LogP contribution in [0.1, 0.15) is 12.5 Å². The van der Waals surface area contributed by atoms with Gasteiger partial charge in [0.25, 0.3) is 0 Å². The lowest BCUT2D eigenvalue weighted by molar-refractivity contribution is 1.14. The largest absolute Gasteiger partial charge is 0.300 e. The Kier molecular flexibility index (Phi) is 2.11. The van der Waals surface area contributed by atoms with Crippen molar-refractivity contribution in [3.05, 3.63) is 47.1 Å². The number of benzene rings is 1. The van der Waals surface area contributed by atoms with E-state index in [1.54, 1.807) is 0 Å². The molecule has 0 atom stereocenters. The maximum Gasteiger partial charge on any atom is 0.139 e. The molecule has 3 rings (SSSR count). The van der Waals surface area contributed by atoms with E-state index in [1.165, 1.54) is 5.56 Å². The van der Waals surface area contributed by atoms with E-state index in [1.807, 2.05) is 18.3 Å². The molecule has 1 aromatic carbocycles. The molecule has 3 heteroatoms. The quantitative estimate of drug-likeness (QED) is 0.623. The van der Waals surface area contributed by atoms with Crippen molar-refractivity contribution in [3.63, 3.8) is 0 Å². The second-order valence-corrected chi connectivity index (χ2v) is 4.30. The summed E-state index contributed by atoms with van der Waals surface area (Å²) in [4.78, 5) is 4.53. The molecule has 0 unspecified atom stereocenters. The van der Waals surface area contributed by atoms with Crippen LogP contribution in [-0.4, -0.2) is 9.38 Å². The van der Waals surface area contributed by atoms with Gasteiger partial charge in [0.15, 0.2) is 0 Å². The third kappa shape index (κ3) is 1.38. The minimum atomic E-state index is 0.721.